The summed E-state index contributed by atoms with van der Waals surface area (Å²) in [7, 11) is 1.77. The molecule has 1 aromatic carbocycles. The molecule has 0 amide bonds. The van der Waals surface area contributed by atoms with Crippen molar-refractivity contribution in [2.24, 2.45) is 7.05 Å². The summed E-state index contributed by atoms with van der Waals surface area (Å²) in [4.78, 5) is 12.5. The van der Waals surface area contributed by atoms with Crippen molar-refractivity contribution in [1.82, 2.24) is 9.88 Å². The lowest BCUT2D eigenvalue weighted by Crippen LogP contribution is -2.35. The van der Waals surface area contributed by atoms with Gasteiger partial charge in [-0.1, -0.05) is 32.9 Å². The fourth-order valence-corrected chi connectivity index (χ4v) is 2.62. The van der Waals surface area contributed by atoms with Gasteiger partial charge in [-0.2, -0.15) is 0 Å². The van der Waals surface area contributed by atoms with Crippen LogP contribution in [0.3, 0.4) is 0 Å². The summed E-state index contributed by atoms with van der Waals surface area (Å²) in [6.07, 6.45) is -0.0300. The second-order valence-electron chi connectivity index (χ2n) is 6.07. The third-order valence-corrected chi connectivity index (χ3v) is 3.88. The number of aryl methyl sites for hydroxylation is 1. The lowest BCUT2D eigenvalue weighted by molar-refractivity contribution is 0.105. The number of aromatic nitrogens is 1. The predicted octanol–water partition coefficient (Wildman–Crippen LogP) is 1.84. The van der Waals surface area contributed by atoms with E-state index in [1.165, 1.54) is 0 Å². The number of rotatable bonds is 7. The first-order valence-corrected chi connectivity index (χ1v) is 8.10. The van der Waals surface area contributed by atoms with E-state index in [2.05, 4.69) is 5.32 Å². The molecule has 1 unspecified atom stereocenters. The summed E-state index contributed by atoms with van der Waals surface area (Å²) in [5, 5.41) is 14.1. The van der Waals surface area contributed by atoms with Crippen molar-refractivity contribution in [3.63, 3.8) is 0 Å². The molecule has 23 heavy (non-hydrogen) atoms. The van der Waals surface area contributed by atoms with Crippen LogP contribution in [0.4, 0.5) is 0 Å². The van der Waals surface area contributed by atoms with Crippen molar-refractivity contribution in [3.05, 3.63) is 40.2 Å². The molecule has 0 saturated carbocycles. The average Bonchev–Trinajstić information content (AvgIpc) is 2.54. The summed E-state index contributed by atoms with van der Waals surface area (Å²) >= 11 is 0. The molecule has 126 valence electrons. The van der Waals surface area contributed by atoms with E-state index in [1.54, 1.807) is 11.6 Å². The van der Waals surface area contributed by atoms with Crippen molar-refractivity contribution in [2.45, 2.75) is 39.3 Å². The van der Waals surface area contributed by atoms with E-state index in [1.807, 2.05) is 45.0 Å². The van der Waals surface area contributed by atoms with Gasteiger partial charge in [-0.15, -0.1) is 0 Å². The maximum Gasteiger partial charge on any atom is 0.257 e. The van der Waals surface area contributed by atoms with Crippen molar-refractivity contribution in [3.8, 4) is 5.75 Å². The second-order valence-corrected chi connectivity index (χ2v) is 6.07. The fraction of sp³-hybridized carbons (Fsp3) is 0.500. The highest BCUT2D eigenvalue weighted by Gasteiger charge is 2.16. The minimum atomic E-state index is -0.620. The molecule has 0 fully saturated rings. The van der Waals surface area contributed by atoms with Crippen LogP contribution in [0.2, 0.25) is 0 Å². The van der Waals surface area contributed by atoms with Gasteiger partial charge in [0.15, 0.2) is 0 Å². The van der Waals surface area contributed by atoms with Gasteiger partial charge in [0.1, 0.15) is 18.5 Å². The van der Waals surface area contributed by atoms with Gasteiger partial charge < -0.3 is 19.7 Å². The van der Waals surface area contributed by atoms with E-state index < -0.39 is 6.10 Å². The van der Waals surface area contributed by atoms with E-state index >= 15 is 0 Å². The predicted molar refractivity (Wildman–Crippen MR) is 93.2 cm³/mol. The van der Waals surface area contributed by atoms with Gasteiger partial charge in [0.2, 0.25) is 0 Å². The third-order valence-electron chi connectivity index (χ3n) is 3.88. The normalized spacial score (nSPS) is 12.8. The zero-order valence-corrected chi connectivity index (χ0v) is 14.3. The lowest BCUT2D eigenvalue weighted by atomic mass is 10.1. The molecular formula is C18H26N2O3. The van der Waals surface area contributed by atoms with Crippen molar-refractivity contribution >= 4 is 10.9 Å². The first-order chi connectivity index (χ1) is 11.0. The summed E-state index contributed by atoms with van der Waals surface area (Å²) in [5.74, 6) is 0.592. The van der Waals surface area contributed by atoms with Crippen LogP contribution in [0.15, 0.2) is 29.1 Å². The molecule has 0 saturated heterocycles. The number of benzene rings is 1. The van der Waals surface area contributed by atoms with Crippen LogP contribution >= 0.6 is 0 Å². The van der Waals surface area contributed by atoms with Crippen LogP contribution in [-0.4, -0.2) is 35.0 Å². The molecule has 0 bridgehead atoms. The molecule has 0 aliphatic heterocycles. The minimum Gasteiger partial charge on any atom is -0.490 e. The Labute approximate surface area is 136 Å². The molecule has 1 heterocycles. The SMILES string of the molecule is CCc1c(OCC(O)CNC(C)C)c2ccccc2n(C)c1=O. The zero-order valence-electron chi connectivity index (χ0n) is 14.3. The zero-order chi connectivity index (χ0) is 17.0. The maximum absolute atomic E-state index is 12.5. The molecule has 5 heteroatoms. The number of nitrogens with one attached hydrogen (secondary N) is 1. The van der Waals surface area contributed by atoms with Crippen LogP contribution in [0.25, 0.3) is 10.9 Å². The van der Waals surface area contributed by atoms with Crippen LogP contribution in [0.5, 0.6) is 5.75 Å². The average molecular weight is 318 g/mol. The van der Waals surface area contributed by atoms with Crippen molar-refractivity contribution in [1.29, 1.82) is 0 Å². The summed E-state index contributed by atoms with van der Waals surface area (Å²) < 4.78 is 7.52. The number of pyridine rings is 1. The number of ether oxygens (including phenoxy) is 1. The number of hydrogen-bond donors (Lipinski definition) is 2. The Morgan fingerprint density at radius 1 is 1.30 bits per heavy atom. The first-order valence-electron chi connectivity index (χ1n) is 8.10. The number of fused-ring (bicyclic) bond motifs is 1. The van der Waals surface area contributed by atoms with Crippen molar-refractivity contribution in [2.75, 3.05) is 13.2 Å². The highest BCUT2D eigenvalue weighted by Crippen LogP contribution is 2.27. The highest BCUT2D eigenvalue weighted by atomic mass is 16.5. The summed E-state index contributed by atoms with van der Waals surface area (Å²) in [6, 6.07) is 7.98. The maximum atomic E-state index is 12.5. The largest absolute Gasteiger partial charge is 0.490 e. The molecule has 2 N–H and O–H groups in total. The fourth-order valence-electron chi connectivity index (χ4n) is 2.62. The molecule has 1 atom stereocenters. The Balaban J connectivity index is 2.32. The Bertz CT molecular complexity index is 722. The quantitative estimate of drug-likeness (QED) is 0.818. The number of hydrogen-bond acceptors (Lipinski definition) is 4. The van der Waals surface area contributed by atoms with E-state index in [0.29, 0.717) is 30.3 Å². The standard InChI is InChI=1S/C18H26N2O3/c1-5-14-17(23-11-13(21)10-19-12(2)3)15-8-6-7-9-16(15)20(4)18(14)22/h6-9,12-13,19,21H,5,10-11H2,1-4H3. The topological polar surface area (TPSA) is 63.5 Å². The summed E-state index contributed by atoms with van der Waals surface area (Å²) in [5.41, 5.74) is 1.44. The van der Waals surface area contributed by atoms with Gasteiger partial charge >= 0.3 is 0 Å². The van der Waals surface area contributed by atoms with Gasteiger partial charge in [0.05, 0.1) is 11.1 Å². The molecule has 0 spiro atoms. The monoisotopic (exact) mass is 318 g/mol. The molecular weight excluding hydrogens is 292 g/mol. The Morgan fingerprint density at radius 3 is 2.65 bits per heavy atom. The van der Waals surface area contributed by atoms with Gasteiger partial charge in [0.25, 0.3) is 5.56 Å². The Morgan fingerprint density at radius 2 is 2.00 bits per heavy atom. The highest BCUT2D eigenvalue weighted by molar-refractivity contribution is 5.86. The van der Waals surface area contributed by atoms with Gasteiger partial charge in [-0.25, -0.2) is 0 Å². The van der Waals surface area contributed by atoms with E-state index in [9.17, 15) is 9.90 Å². The van der Waals surface area contributed by atoms with E-state index in [0.717, 1.165) is 10.9 Å². The molecule has 0 aliphatic rings. The van der Waals surface area contributed by atoms with E-state index in [-0.39, 0.29) is 12.2 Å². The summed E-state index contributed by atoms with van der Waals surface area (Å²) in [6.45, 7) is 6.61. The van der Waals surface area contributed by atoms with Gasteiger partial charge in [0, 0.05) is 25.0 Å². The Hall–Kier alpha value is -1.85. The molecule has 2 rings (SSSR count). The smallest absolute Gasteiger partial charge is 0.257 e. The Kier molecular flexibility index (Phi) is 5.80. The van der Waals surface area contributed by atoms with E-state index in [4.69, 9.17) is 4.74 Å². The molecule has 0 radical (unpaired) electrons. The number of para-hydroxylation sites is 1. The van der Waals surface area contributed by atoms with Crippen LogP contribution in [-0.2, 0) is 13.5 Å². The van der Waals surface area contributed by atoms with Gasteiger partial charge in [-0.05, 0) is 18.6 Å². The minimum absolute atomic E-state index is 0.0454. The van der Waals surface area contributed by atoms with Crippen LogP contribution in [0, 0.1) is 0 Å². The van der Waals surface area contributed by atoms with Crippen LogP contribution in [0.1, 0.15) is 26.3 Å². The second kappa shape index (κ2) is 7.62. The van der Waals surface area contributed by atoms with Gasteiger partial charge in [-0.3, -0.25) is 4.79 Å². The van der Waals surface area contributed by atoms with Crippen LogP contribution < -0.4 is 15.6 Å². The molecule has 0 aliphatic carbocycles. The lowest BCUT2D eigenvalue weighted by Gasteiger charge is -2.18. The molecule has 1 aromatic heterocycles. The molecule has 2 aromatic rings. The number of aliphatic hydroxyl groups excluding tert-OH is 1. The first kappa shape index (κ1) is 17.5. The number of nitrogens with zero attached hydrogens (tertiary/aromatic N) is 1. The number of aliphatic hydroxyl groups is 1. The molecule has 5 nitrogen and oxygen atoms in total. The third kappa shape index (κ3) is 3.92. The van der Waals surface area contributed by atoms with Crippen molar-refractivity contribution < 1.29 is 9.84 Å².